The molecule has 0 radical (unpaired) electrons. The number of aromatic nitrogens is 4. The minimum absolute atomic E-state index is 0.00536. The van der Waals surface area contributed by atoms with Crippen molar-refractivity contribution in [1.29, 1.82) is 0 Å². The Morgan fingerprint density at radius 2 is 1.59 bits per heavy atom. The first kappa shape index (κ1) is 38.1. The predicted octanol–water partition coefficient (Wildman–Crippen LogP) is 5.50. The van der Waals surface area contributed by atoms with Crippen LogP contribution in [0.3, 0.4) is 0 Å². The lowest BCUT2D eigenvalue weighted by Crippen LogP contribution is -2.44. The number of aliphatic hydroxyl groups is 2. The molecule has 0 aliphatic carbocycles. The molecule has 1 amide bonds. The van der Waals surface area contributed by atoms with Gasteiger partial charge in [-0.2, -0.15) is 4.98 Å². The fourth-order valence-corrected chi connectivity index (χ4v) is 6.13. The van der Waals surface area contributed by atoms with Crippen LogP contribution in [0, 0.1) is 5.92 Å². The number of hydrogen-bond donors (Lipinski definition) is 4. The third-order valence-corrected chi connectivity index (χ3v) is 9.05. The molecular weight excluding hydrogens is 588 g/mol. The number of amides is 1. The van der Waals surface area contributed by atoms with Crippen LogP contribution in [0.2, 0.25) is 0 Å². The van der Waals surface area contributed by atoms with Gasteiger partial charge in [-0.25, -0.2) is 4.98 Å². The number of nitrogens with one attached hydrogen (secondary N) is 2. The molecule has 1 fully saturated rings. The van der Waals surface area contributed by atoms with E-state index in [1.165, 1.54) is 96.9 Å². The van der Waals surface area contributed by atoms with E-state index >= 15 is 0 Å². The number of imidazole rings is 1. The molecule has 1 aliphatic rings. The van der Waals surface area contributed by atoms with Crippen molar-refractivity contribution < 1.29 is 24.5 Å². The summed E-state index contributed by atoms with van der Waals surface area (Å²) in [7, 11) is 1.49. The monoisotopic (exact) mass is 648 g/mol. The molecule has 0 saturated carbocycles. The highest BCUT2D eigenvalue weighted by Gasteiger charge is 2.46. The van der Waals surface area contributed by atoms with Crippen LogP contribution in [0.1, 0.15) is 130 Å². The number of hydrogen-bond acceptors (Lipinski definition) is 9. The number of aliphatic hydroxyl groups excluding tert-OH is 2. The number of ether oxygens (including phenoxy) is 2. The molecule has 1 saturated heterocycles. The van der Waals surface area contributed by atoms with Crippen LogP contribution in [0.5, 0.6) is 0 Å². The number of methoxy groups -OCH3 is 1. The number of unbranched alkanes of at least 4 members (excludes halogenated alkanes) is 14. The maximum absolute atomic E-state index is 12.7. The van der Waals surface area contributed by atoms with E-state index in [4.69, 9.17) is 9.47 Å². The molecule has 46 heavy (non-hydrogen) atoms. The lowest BCUT2D eigenvalue weighted by atomic mass is 10.0. The van der Waals surface area contributed by atoms with Gasteiger partial charge in [-0.15, -0.1) is 0 Å². The summed E-state index contributed by atoms with van der Waals surface area (Å²) in [6.07, 6.45) is 16.9. The van der Waals surface area contributed by atoms with Crippen molar-refractivity contribution >= 4 is 23.0 Å². The lowest BCUT2D eigenvalue weighted by Gasteiger charge is -2.29. The summed E-state index contributed by atoms with van der Waals surface area (Å²) in [6.45, 7) is 8.47. The molecule has 2 aromatic heterocycles. The summed E-state index contributed by atoms with van der Waals surface area (Å²) < 4.78 is 13.5. The minimum Gasteiger partial charge on any atom is -0.387 e. The Morgan fingerprint density at radius 3 is 2.11 bits per heavy atom. The van der Waals surface area contributed by atoms with E-state index in [-0.39, 0.29) is 28.9 Å². The van der Waals surface area contributed by atoms with Crippen molar-refractivity contribution in [3.05, 3.63) is 16.7 Å². The molecule has 3 heterocycles. The Morgan fingerprint density at radius 1 is 1.02 bits per heavy atom. The molecule has 5 atom stereocenters. The number of anilines is 1. The van der Waals surface area contributed by atoms with E-state index in [0.29, 0.717) is 13.1 Å². The highest BCUT2D eigenvalue weighted by atomic mass is 16.6. The number of carbonyl (C=O) groups is 1. The first-order valence-electron chi connectivity index (χ1n) is 17.7. The van der Waals surface area contributed by atoms with E-state index in [1.54, 1.807) is 25.3 Å². The second-order valence-electron chi connectivity index (χ2n) is 13.2. The first-order valence-corrected chi connectivity index (χ1v) is 17.7. The molecule has 3 rings (SSSR count). The fraction of sp³-hybridized carbons (Fsp3) is 0.824. The van der Waals surface area contributed by atoms with Gasteiger partial charge in [-0.1, -0.05) is 111 Å². The van der Waals surface area contributed by atoms with Crippen LogP contribution in [0.4, 0.5) is 5.95 Å². The Labute approximate surface area is 274 Å². The molecule has 12 nitrogen and oxygen atoms in total. The van der Waals surface area contributed by atoms with Crippen molar-refractivity contribution in [3.8, 4) is 0 Å². The zero-order valence-corrected chi connectivity index (χ0v) is 28.9. The summed E-state index contributed by atoms with van der Waals surface area (Å²) in [5.74, 6) is -0.585. The quantitative estimate of drug-likeness (QED) is 0.0903. The highest BCUT2D eigenvalue weighted by Crippen LogP contribution is 2.33. The number of H-pyrrole nitrogens is 1. The lowest BCUT2D eigenvalue weighted by molar-refractivity contribution is -0.118. The molecule has 4 N–H and O–H groups in total. The Balaban J connectivity index is 1.45. The van der Waals surface area contributed by atoms with E-state index in [2.05, 4.69) is 27.2 Å². The zero-order chi connectivity index (χ0) is 33.5. The van der Waals surface area contributed by atoms with Crippen LogP contribution in [0.25, 0.3) is 11.2 Å². The average Bonchev–Trinajstić information content (AvgIpc) is 3.58. The number of nitrogens with zero attached hydrogens (tertiary/aromatic N) is 4. The molecule has 1 aliphatic heterocycles. The van der Waals surface area contributed by atoms with E-state index in [1.807, 2.05) is 4.90 Å². The average molecular weight is 649 g/mol. The standard InChI is InChI=1S/C34H60N6O6/c1-6-7-8-9-10-11-12-13-14-15-16-17-18-19-20-21-39(25(4)41)22-26-28(42)29(45-5)33(46-26)40-23-35-27-30(40)36-34(38-32(27)44)37-31(43)24(2)3/h23-26,28-29,33,41-42H,6-22H2,1-5H3,(H2,36,37,38,43,44)/t25?,26-,28?,29?,33-/m1/s1. The summed E-state index contributed by atoms with van der Waals surface area (Å²) in [6, 6.07) is 0. The van der Waals surface area contributed by atoms with Crippen LogP contribution in [-0.4, -0.2) is 85.3 Å². The molecule has 0 bridgehead atoms. The van der Waals surface area contributed by atoms with Crippen LogP contribution < -0.4 is 10.9 Å². The topological polar surface area (TPSA) is 155 Å². The summed E-state index contributed by atoms with van der Waals surface area (Å²) >= 11 is 0. The summed E-state index contributed by atoms with van der Waals surface area (Å²) in [5, 5.41) is 24.3. The molecule has 0 aromatic carbocycles. The second kappa shape index (κ2) is 20.1. The molecule has 0 spiro atoms. The molecule has 262 valence electrons. The number of carbonyl (C=O) groups excluding carboxylic acids is 1. The van der Waals surface area contributed by atoms with E-state index < -0.39 is 36.3 Å². The van der Waals surface area contributed by atoms with E-state index in [9.17, 15) is 19.8 Å². The SMILES string of the molecule is CCCCCCCCCCCCCCCCCN(C[C@H]1O[C@@H](n2cnc3c(=O)[nH]c(NC(=O)C(C)C)nc32)C(OC)C1O)C(C)O. The second-order valence-corrected chi connectivity index (χ2v) is 13.2. The van der Waals surface area contributed by atoms with Gasteiger partial charge in [0.05, 0.1) is 6.33 Å². The summed E-state index contributed by atoms with van der Waals surface area (Å²) in [4.78, 5) is 38.0. The van der Waals surface area contributed by atoms with Gasteiger partial charge in [0.15, 0.2) is 17.4 Å². The Kier molecular flexibility index (Phi) is 16.6. The maximum Gasteiger partial charge on any atom is 0.280 e. The van der Waals surface area contributed by atoms with Gasteiger partial charge in [0.1, 0.15) is 24.5 Å². The van der Waals surface area contributed by atoms with Gasteiger partial charge in [-0.05, 0) is 13.3 Å². The Bertz CT molecular complexity index is 1220. The molecular formula is C34H60N6O6. The van der Waals surface area contributed by atoms with Crippen molar-refractivity contribution in [2.45, 2.75) is 155 Å². The number of rotatable bonds is 23. The van der Waals surface area contributed by atoms with Gasteiger partial charge < -0.3 is 19.7 Å². The van der Waals surface area contributed by atoms with Gasteiger partial charge >= 0.3 is 0 Å². The normalized spacial score (nSPS) is 20.7. The zero-order valence-electron chi connectivity index (χ0n) is 28.9. The van der Waals surface area contributed by atoms with Gasteiger partial charge in [-0.3, -0.25) is 29.4 Å². The third kappa shape index (κ3) is 11.4. The Hall–Kier alpha value is -2.38. The third-order valence-electron chi connectivity index (χ3n) is 9.05. The van der Waals surface area contributed by atoms with Crippen molar-refractivity contribution in [3.63, 3.8) is 0 Å². The first-order chi connectivity index (χ1) is 22.2. The van der Waals surface area contributed by atoms with Crippen LogP contribution in [-0.2, 0) is 14.3 Å². The molecule has 12 heteroatoms. The van der Waals surface area contributed by atoms with Crippen molar-refractivity contribution in [2.24, 2.45) is 5.92 Å². The van der Waals surface area contributed by atoms with Gasteiger partial charge in [0.25, 0.3) is 5.56 Å². The number of fused-ring (bicyclic) bond motifs is 1. The largest absolute Gasteiger partial charge is 0.387 e. The molecule has 3 unspecified atom stereocenters. The van der Waals surface area contributed by atoms with Gasteiger partial charge in [0, 0.05) is 26.1 Å². The van der Waals surface area contributed by atoms with Crippen molar-refractivity contribution in [2.75, 3.05) is 25.5 Å². The fourth-order valence-electron chi connectivity index (χ4n) is 6.13. The van der Waals surface area contributed by atoms with E-state index in [0.717, 1.165) is 12.8 Å². The molecule has 2 aromatic rings. The summed E-state index contributed by atoms with van der Waals surface area (Å²) in [5.41, 5.74) is -0.221. The number of aromatic amines is 1. The van der Waals surface area contributed by atoms with Gasteiger partial charge in [0.2, 0.25) is 11.9 Å². The maximum atomic E-state index is 12.7. The predicted molar refractivity (Wildman–Crippen MR) is 181 cm³/mol. The highest BCUT2D eigenvalue weighted by molar-refractivity contribution is 5.91. The smallest absolute Gasteiger partial charge is 0.280 e. The van der Waals surface area contributed by atoms with Crippen LogP contribution >= 0.6 is 0 Å². The minimum atomic E-state index is -0.989. The van der Waals surface area contributed by atoms with Crippen molar-refractivity contribution in [1.82, 2.24) is 24.4 Å². The van der Waals surface area contributed by atoms with Crippen LogP contribution in [0.15, 0.2) is 11.1 Å².